The zero-order valence-corrected chi connectivity index (χ0v) is 14.4. The molecule has 0 heterocycles. The maximum Gasteiger partial charge on any atom is 0.327 e. The fourth-order valence-electron chi connectivity index (χ4n) is 2.56. The van der Waals surface area contributed by atoms with E-state index < -0.39 is 8.60 Å². The normalized spacial score (nSPS) is 13.1. The fraction of sp³-hybridized carbons (Fsp3) is 1.00. The van der Waals surface area contributed by atoms with Gasteiger partial charge in [-0.3, -0.25) is 0 Å². The van der Waals surface area contributed by atoms with Gasteiger partial charge < -0.3 is 14.3 Å². The molecule has 0 bridgehead atoms. The van der Waals surface area contributed by atoms with Crippen molar-refractivity contribution in [2.24, 2.45) is 5.92 Å². The first-order chi connectivity index (χ1) is 9.70. The smallest absolute Gasteiger partial charge is 0.327 e. The van der Waals surface area contributed by atoms with Gasteiger partial charge in [0.05, 0.1) is 6.61 Å². The second-order valence-electron chi connectivity index (χ2n) is 5.82. The van der Waals surface area contributed by atoms with Gasteiger partial charge in [-0.1, -0.05) is 78.1 Å². The second kappa shape index (κ2) is 15.7. The van der Waals surface area contributed by atoms with Gasteiger partial charge in [-0.2, -0.15) is 0 Å². The van der Waals surface area contributed by atoms with Gasteiger partial charge in [-0.15, -0.1) is 0 Å². The van der Waals surface area contributed by atoms with Crippen molar-refractivity contribution in [1.82, 2.24) is 0 Å². The molecule has 0 aromatic rings. The van der Waals surface area contributed by atoms with Crippen molar-refractivity contribution in [2.75, 3.05) is 6.61 Å². The van der Waals surface area contributed by atoms with Crippen molar-refractivity contribution in [3.05, 3.63) is 0 Å². The van der Waals surface area contributed by atoms with E-state index in [9.17, 15) is 0 Å². The minimum Gasteiger partial charge on any atom is -0.328 e. The van der Waals surface area contributed by atoms with Crippen molar-refractivity contribution < 1.29 is 14.3 Å². The SMILES string of the molecule is CCCCCCCCC(CCCCCC)COP(O)O. The highest BCUT2D eigenvalue weighted by Gasteiger charge is 2.11. The Morgan fingerprint density at radius 1 is 0.750 bits per heavy atom. The van der Waals surface area contributed by atoms with E-state index in [0.717, 1.165) is 6.42 Å². The van der Waals surface area contributed by atoms with Crippen molar-refractivity contribution in [3.63, 3.8) is 0 Å². The number of hydrogen-bond donors (Lipinski definition) is 2. The molecule has 0 rings (SSSR count). The van der Waals surface area contributed by atoms with Crippen LogP contribution in [0.4, 0.5) is 0 Å². The minimum absolute atomic E-state index is 0.502. The largest absolute Gasteiger partial charge is 0.328 e. The third-order valence-electron chi connectivity index (χ3n) is 3.86. The van der Waals surface area contributed by atoms with E-state index in [2.05, 4.69) is 13.8 Å². The lowest BCUT2D eigenvalue weighted by Crippen LogP contribution is -2.08. The molecule has 1 unspecified atom stereocenters. The molecule has 20 heavy (non-hydrogen) atoms. The molecule has 0 aliphatic heterocycles. The molecule has 0 aromatic heterocycles. The topological polar surface area (TPSA) is 49.7 Å². The highest BCUT2D eigenvalue weighted by molar-refractivity contribution is 7.39. The molecule has 3 nitrogen and oxygen atoms in total. The summed E-state index contributed by atoms with van der Waals surface area (Å²) in [6.07, 6.45) is 15.3. The van der Waals surface area contributed by atoms with Gasteiger partial charge in [0.25, 0.3) is 0 Å². The van der Waals surface area contributed by atoms with Gasteiger partial charge in [0.15, 0.2) is 0 Å². The van der Waals surface area contributed by atoms with Crippen LogP contribution in [0.3, 0.4) is 0 Å². The summed E-state index contributed by atoms with van der Waals surface area (Å²) < 4.78 is 5.03. The van der Waals surface area contributed by atoms with Crippen molar-refractivity contribution in [3.8, 4) is 0 Å². The van der Waals surface area contributed by atoms with Crippen LogP contribution in [0.25, 0.3) is 0 Å². The number of unbranched alkanes of at least 4 members (excludes halogenated alkanes) is 8. The van der Waals surface area contributed by atoms with E-state index in [1.54, 1.807) is 0 Å². The molecule has 4 heteroatoms. The summed E-state index contributed by atoms with van der Waals surface area (Å²) in [6, 6.07) is 0. The van der Waals surface area contributed by atoms with Crippen LogP contribution in [0.15, 0.2) is 0 Å². The summed E-state index contributed by atoms with van der Waals surface area (Å²) >= 11 is 0. The van der Waals surface area contributed by atoms with E-state index >= 15 is 0 Å². The van der Waals surface area contributed by atoms with Gasteiger partial charge in [0.2, 0.25) is 0 Å². The first kappa shape index (κ1) is 20.3. The summed E-state index contributed by atoms with van der Waals surface area (Å²) in [7, 11) is -2.18. The fourth-order valence-corrected chi connectivity index (χ4v) is 2.90. The average Bonchev–Trinajstić information content (AvgIpc) is 2.43. The molecule has 0 fully saturated rings. The van der Waals surface area contributed by atoms with Crippen LogP contribution in [0.2, 0.25) is 0 Å². The predicted octanol–water partition coefficient (Wildman–Crippen LogP) is 5.55. The molecule has 0 aromatic carbocycles. The molecule has 0 aliphatic carbocycles. The number of hydrogen-bond acceptors (Lipinski definition) is 3. The lowest BCUT2D eigenvalue weighted by atomic mass is 9.95. The summed E-state index contributed by atoms with van der Waals surface area (Å²) in [5, 5.41) is 0. The Hall–Kier alpha value is 0.310. The highest BCUT2D eigenvalue weighted by atomic mass is 31.2. The zero-order chi connectivity index (χ0) is 15.1. The van der Waals surface area contributed by atoms with Crippen LogP contribution in [0.1, 0.15) is 90.9 Å². The second-order valence-corrected chi connectivity index (χ2v) is 6.58. The first-order valence-electron chi connectivity index (χ1n) is 8.51. The van der Waals surface area contributed by atoms with E-state index in [0.29, 0.717) is 12.5 Å². The molecule has 122 valence electrons. The monoisotopic (exact) mass is 306 g/mol. The van der Waals surface area contributed by atoms with Crippen LogP contribution >= 0.6 is 8.60 Å². The van der Waals surface area contributed by atoms with Crippen LogP contribution in [-0.2, 0) is 4.52 Å². The molecule has 0 saturated heterocycles. The standard InChI is InChI=1S/C16H35O3P/c1-3-5-7-9-10-12-14-16(15-19-20(17)18)13-11-8-6-4-2/h16-18H,3-15H2,1-2H3. The van der Waals surface area contributed by atoms with E-state index in [4.69, 9.17) is 14.3 Å². The molecule has 2 N–H and O–H groups in total. The third kappa shape index (κ3) is 14.7. The van der Waals surface area contributed by atoms with Gasteiger partial charge in [-0.25, -0.2) is 0 Å². The lowest BCUT2D eigenvalue weighted by molar-refractivity contribution is 0.195. The molecule has 0 amide bonds. The summed E-state index contributed by atoms with van der Waals surface area (Å²) in [6.45, 7) is 4.98. The van der Waals surface area contributed by atoms with Crippen LogP contribution < -0.4 is 0 Å². The average molecular weight is 306 g/mol. The Labute approximate surface area is 127 Å². The molecular weight excluding hydrogens is 271 g/mol. The zero-order valence-electron chi connectivity index (χ0n) is 13.5. The number of rotatable bonds is 15. The summed E-state index contributed by atoms with van der Waals surface area (Å²) in [4.78, 5) is 17.8. The van der Waals surface area contributed by atoms with Crippen molar-refractivity contribution in [2.45, 2.75) is 90.9 Å². The summed E-state index contributed by atoms with van der Waals surface area (Å²) in [5.41, 5.74) is 0. The van der Waals surface area contributed by atoms with Gasteiger partial charge in [-0.05, 0) is 18.8 Å². The molecule has 0 radical (unpaired) electrons. The highest BCUT2D eigenvalue weighted by Crippen LogP contribution is 2.28. The van der Waals surface area contributed by atoms with Crippen LogP contribution in [-0.4, -0.2) is 16.4 Å². The van der Waals surface area contributed by atoms with Gasteiger partial charge in [0.1, 0.15) is 0 Å². The van der Waals surface area contributed by atoms with Crippen LogP contribution in [0.5, 0.6) is 0 Å². The molecular formula is C16H35O3P. The Bertz CT molecular complexity index is 189. The maximum absolute atomic E-state index is 8.88. The van der Waals surface area contributed by atoms with Gasteiger partial charge >= 0.3 is 8.60 Å². The Kier molecular flexibility index (Phi) is 15.9. The van der Waals surface area contributed by atoms with Crippen LogP contribution in [0, 0.1) is 5.92 Å². The van der Waals surface area contributed by atoms with E-state index in [1.807, 2.05) is 0 Å². The maximum atomic E-state index is 8.88. The van der Waals surface area contributed by atoms with E-state index in [-0.39, 0.29) is 0 Å². The van der Waals surface area contributed by atoms with Crippen molar-refractivity contribution >= 4 is 8.60 Å². The molecule has 0 saturated carbocycles. The van der Waals surface area contributed by atoms with E-state index in [1.165, 1.54) is 70.6 Å². The van der Waals surface area contributed by atoms with Crippen molar-refractivity contribution in [1.29, 1.82) is 0 Å². The molecule has 1 atom stereocenters. The third-order valence-corrected chi connectivity index (χ3v) is 4.24. The summed E-state index contributed by atoms with van der Waals surface area (Å²) in [5.74, 6) is 0.502. The Morgan fingerprint density at radius 3 is 1.70 bits per heavy atom. The Morgan fingerprint density at radius 2 is 1.20 bits per heavy atom. The van der Waals surface area contributed by atoms with Gasteiger partial charge in [0, 0.05) is 0 Å². The lowest BCUT2D eigenvalue weighted by Gasteiger charge is -2.17. The predicted molar refractivity (Wildman–Crippen MR) is 87.6 cm³/mol. The molecule has 0 aliphatic rings. The first-order valence-corrected chi connectivity index (χ1v) is 9.68. The quantitative estimate of drug-likeness (QED) is 0.308. The molecule has 0 spiro atoms. The minimum atomic E-state index is -2.18. The Balaban J connectivity index is 3.68.